The van der Waals surface area contributed by atoms with Crippen LogP contribution in [-0.4, -0.2) is 43.1 Å². The van der Waals surface area contributed by atoms with Crippen LogP contribution in [0.15, 0.2) is 34.5 Å². The molecule has 0 fully saturated rings. The number of hydrogen-bond acceptors (Lipinski definition) is 8. The third-order valence-electron chi connectivity index (χ3n) is 2.79. The number of benzene rings is 2. The Bertz CT molecular complexity index is 741. The number of aromatic hydroxyl groups is 6. The summed E-state index contributed by atoms with van der Waals surface area (Å²) in [5.74, 6) is -4.79. The fourth-order valence-corrected chi connectivity index (χ4v) is 1.61. The molecule has 0 amide bonds. The Hall–Kier alpha value is -3.42. The molecule has 0 aliphatic rings. The van der Waals surface area contributed by atoms with Crippen molar-refractivity contribution in [1.82, 2.24) is 0 Å². The first kappa shape index (κ1) is 15.0. The zero-order valence-corrected chi connectivity index (χ0v) is 11.0. The van der Waals surface area contributed by atoms with Crippen LogP contribution < -0.4 is 0 Å². The van der Waals surface area contributed by atoms with E-state index in [1.807, 2.05) is 0 Å². The van der Waals surface area contributed by atoms with Crippen LogP contribution in [0.2, 0.25) is 0 Å². The fourth-order valence-electron chi connectivity index (χ4n) is 1.61. The lowest BCUT2D eigenvalue weighted by Crippen LogP contribution is -1.87. The summed E-state index contributed by atoms with van der Waals surface area (Å²) in [7, 11) is 0. The van der Waals surface area contributed by atoms with Gasteiger partial charge in [-0.15, -0.1) is 0 Å². The van der Waals surface area contributed by atoms with E-state index < -0.39 is 34.3 Å². The minimum absolute atomic E-state index is 0.00735. The van der Waals surface area contributed by atoms with Gasteiger partial charge in [0.1, 0.15) is 5.75 Å². The monoisotopic (exact) mass is 304 g/mol. The molecule has 2 rings (SSSR count). The van der Waals surface area contributed by atoms with Crippen LogP contribution in [0.3, 0.4) is 0 Å². The zero-order valence-electron chi connectivity index (χ0n) is 11.0. The van der Waals surface area contributed by atoms with Gasteiger partial charge in [-0.25, -0.2) is 0 Å². The molecule has 0 aromatic heterocycles. The average molecular weight is 304 g/mol. The molecule has 0 aliphatic heterocycles. The summed E-state index contributed by atoms with van der Waals surface area (Å²) in [6.07, 6.45) is 2.08. The van der Waals surface area contributed by atoms with E-state index >= 15 is 0 Å². The van der Waals surface area contributed by atoms with Crippen molar-refractivity contribution in [3.8, 4) is 34.5 Å². The van der Waals surface area contributed by atoms with Crippen molar-refractivity contribution >= 4 is 12.4 Å². The maximum Gasteiger partial charge on any atom is 0.208 e. The molecule has 22 heavy (non-hydrogen) atoms. The molecule has 0 saturated carbocycles. The summed E-state index contributed by atoms with van der Waals surface area (Å²) >= 11 is 0. The van der Waals surface area contributed by atoms with Crippen molar-refractivity contribution in [3.63, 3.8) is 0 Å². The van der Waals surface area contributed by atoms with Crippen LogP contribution in [-0.2, 0) is 0 Å². The zero-order chi connectivity index (χ0) is 16.3. The predicted molar refractivity (Wildman–Crippen MR) is 78.1 cm³/mol. The average Bonchev–Trinajstić information content (AvgIpc) is 2.52. The maximum atomic E-state index is 9.58. The van der Waals surface area contributed by atoms with Crippen LogP contribution in [0.5, 0.6) is 34.5 Å². The van der Waals surface area contributed by atoms with Gasteiger partial charge < -0.3 is 30.6 Å². The van der Waals surface area contributed by atoms with E-state index in [1.54, 1.807) is 18.2 Å². The van der Waals surface area contributed by atoms with E-state index in [9.17, 15) is 30.6 Å². The highest BCUT2D eigenvalue weighted by Gasteiger charge is 2.21. The number of hydrogen-bond donors (Lipinski definition) is 6. The molecule has 8 nitrogen and oxygen atoms in total. The molecule has 114 valence electrons. The van der Waals surface area contributed by atoms with Gasteiger partial charge in [-0.1, -0.05) is 12.1 Å². The number of para-hydroxylation sites is 1. The van der Waals surface area contributed by atoms with Gasteiger partial charge in [0.25, 0.3) is 0 Å². The van der Waals surface area contributed by atoms with Gasteiger partial charge >= 0.3 is 0 Å². The molecule has 8 heteroatoms. The lowest BCUT2D eigenvalue weighted by atomic mass is 10.1. The number of rotatable bonds is 3. The third-order valence-corrected chi connectivity index (χ3v) is 2.79. The number of phenolic OH excluding ortho intramolecular Hbond substituents is 6. The minimum atomic E-state index is -1.05. The fraction of sp³-hybridized carbons (Fsp3) is 0. The SMILES string of the molecule is Oc1ccccc1C=NN=Cc1c(O)c(O)c(O)c(O)c1O. The molecule has 0 heterocycles. The quantitative estimate of drug-likeness (QED) is 0.218. The number of phenols is 6. The topological polar surface area (TPSA) is 146 Å². The van der Waals surface area contributed by atoms with Crippen molar-refractivity contribution < 1.29 is 30.6 Å². The summed E-state index contributed by atoms with van der Waals surface area (Å²) in [5.41, 5.74) is -0.0354. The van der Waals surface area contributed by atoms with E-state index in [-0.39, 0.29) is 5.75 Å². The lowest BCUT2D eigenvalue weighted by Gasteiger charge is -2.08. The van der Waals surface area contributed by atoms with Crippen molar-refractivity contribution in [2.45, 2.75) is 0 Å². The summed E-state index contributed by atoms with van der Waals surface area (Å²) in [4.78, 5) is 0. The predicted octanol–water partition coefficient (Wildman–Crippen LogP) is 1.37. The van der Waals surface area contributed by atoms with Gasteiger partial charge in [-0.05, 0) is 12.1 Å². The molecule has 0 radical (unpaired) electrons. The summed E-state index contributed by atoms with van der Waals surface area (Å²) in [6, 6.07) is 6.35. The van der Waals surface area contributed by atoms with Crippen LogP contribution in [0.1, 0.15) is 11.1 Å². The molecule has 0 atom stereocenters. The van der Waals surface area contributed by atoms with E-state index in [2.05, 4.69) is 10.2 Å². The van der Waals surface area contributed by atoms with Crippen LogP contribution >= 0.6 is 0 Å². The first-order chi connectivity index (χ1) is 10.4. The van der Waals surface area contributed by atoms with E-state index in [0.717, 1.165) is 6.21 Å². The molecule has 0 aliphatic carbocycles. The Morgan fingerprint density at radius 1 is 0.636 bits per heavy atom. The molecule has 2 aromatic rings. The van der Waals surface area contributed by atoms with Crippen LogP contribution in [0.4, 0.5) is 0 Å². The second-order valence-electron chi connectivity index (χ2n) is 4.20. The standard InChI is InChI=1S/C14H12N2O6/c17-9-4-2-1-3-7(9)5-15-16-6-8-10(18)12(20)14(22)13(21)11(8)19/h1-6,17-22H. The highest BCUT2D eigenvalue weighted by molar-refractivity contribution is 5.92. The summed E-state index contributed by atoms with van der Waals surface area (Å²) < 4.78 is 0. The molecule has 2 aromatic carbocycles. The van der Waals surface area contributed by atoms with Crippen molar-refractivity contribution in [2.75, 3.05) is 0 Å². The Labute approximate surface area is 124 Å². The lowest BCUT2D eigenvalue weighted by molar-refractivity contribution is 0.328. The molecular weight excluding hydrogens is 292 g/mol. The van der Waals surface area contributed by atoms with Crippen molar-refractivity contribution in [2.24, 2.45) is 10.2 Å². The van der Waals surface area contributed by atoms with Gasteiger partial charge in [0.15, 0.2) is 11.5 Å². The second kappa shape index (κ2) is 5.92. The highest BCUT2D eigenvalue weighted by Crippen LogP contribution is 2.49. The van der Waals surface area contributed by atoms with Gasteiger partial charge in [-0.2, -0.15) is 10.2 Å². The third kappa shape index (κ3) is 2.70. The van der Waals surface area contributed by atoms with E-state index in [1.165, 1.54) is 12.3 Å². The van der Waals surface area contributed by atoms with Crippen molar-refractivity contribution in [1.29, 1.82) is 0 Å². The molecule has 0 spiro atoms. The molecule has 0 unspecified atom stereocenters. The highest BCUT2D eigenvalue weighted by atomic mass is 16.4. The first-order valence-electron chi connectivity index (χ1n) is 5.96. The van der Waals surface area contributed by atoms with E-state index in [4.69, 9.17) is 0 Å². The molecule has 0 bridgehead atoms. The minimum Gasteiger partial charge on any atom is -0.507 e. The molecule has 0 saturated heterocycles. The summed E-state index contributed by atoms with van der Waals surface area (Å²) in [5, 5.41) is 63.7. The van der Waals surface area contributed by atoms with E-state index in [0.29, 0.717) is 5.56 Å². The Morgan fingerprint density at radius 2 is 1.14 bits per heavy atom. The van der Waals surface area contributed by atoms with Gasteiger partial charge in [-0.3, -0.25) is 0 Å². The number of nitrogens with zero attached hydrogens (tertiary/aromatic N) is 2. The largest absolute Gasteiger partial charge is 0.507 e. The smallest absolute Gasteiger partial charge is 0.208 e. The first-order valence-corrected chi connectivity index (χ1v) is 5.96. The summed E-state index contributed by atoms with van der Waals surface area (Å²) in [6.45, 7) is 0. The van der Waals surface area contributed by atoms with Crippen molar-refractivity contribution in [3.05, 3.63) is 35.4 Å². The Morgan fingerprint density at radius 3 is 1.73 bits per heavy atom. The van der Waals surface area contributed by atoms with Gasteiger partial charge in [0, 0.05) is 5.56 Å². The maximum absolute atomic E-state index is 9.58. The van der Waals surface area contributed by atoms with Crippen LogP contribution in [0.25, 0.3) is 0 Å². The van der Waals surface area contributed by atoms with Gasteiger partial charge in [0.05, 0.1) is 18.0 Å². The normalized spacial score (nSPS) is 11.5. The molecule has 6 N–H and O–H groups in total. The molecular formula is C14H12N2O6. The van der Waals surface area contributed by atoms with Gasteiger partial charge in [0.2, 0.25) is 17.2 Å². The Balaban J connectivity index is 2.30. The second-order valence-corrected chi connectivity index (χ2v) is 4.20. The Kier molecular flexibility index (Phi) is 4.03. The van der Waals surface area contributed by atoms with Crippen LogP contribution in [0, 0.1) is 0 Å².